The molecule has 0 saturated carbocycles. The summed E-state index contributed by atoms with van der Waals surface area (Å²) in [6, 6.07) is -1.53. The van der Waals surface area contributed by atoms with E-state index >= 15 is 0 Å². The molecule has 1 saturated heterocycles. The van der Waals surface area contributed by atoms with Crippen molar-refractivity contribution in [2.45, 2.75) is 71.2 Å². The first kappa shape index (κ1) is 25.1. The molecule has 1 aliphatic heterocycles. The van der Waals surface area contributed by atoms with Crippen LogP contribution in [0.25, 0.3) is 0 Å². The molecule has 8 heteroatoms. The molecule has 1 fully saturated rings. The second kappa shape index (κ2) is 11.3. The number of hydrogen-bond donors (Lipinski definition) is 2. The Labute approximate surface area is 174 Å². The number of carboxylic acid groups (broad SMARTS) is 1. The fourth-order valence-electron chi connectivity index (χ4n) is 3.62. The summed E-state index contributed by atoms with van der Waals surface area (Å²) in [7, 11) is 5.05. The topological polar surface area (TPSA) is 99.2 Å². The molecule has 1 heterocycles. The Morgan fingerprint density at radius 3 is 2.34 bits per heavy atom. The standard InChI is InChI=1S/C21H37N3O5/c1-13(2)17(12-14(3)21(27)28)24(6)20(26)18(15(4)29-7)22-19(25)16-10-8-9-11-23(16)5/h12-13,15-18H,8-11H2,1-7H3,(H,22,25)(H,27,28)/b14-12+/t15-,16-,17-,18+/m1/s1. The van der Waals surface area contributed by atoms with Gasteiger partial charge in [-0.15, -0.1) is 0 Å². The zero-order chi connectivity index (χ0) is 22.3. The highest BCUT2D eigenvalue weighted by molar-refractivity contribution is 5.91. The maximum absolute atomic E-state index is 13.3. The zero-order valence-corrected chi connectivity index (χ0v) is 18.8. The van der Waals surface area contributed by atoms with E-state index in [0.29, 0.717) is 0 Å². The predicted octanol–water partition coefficient (Wildman–Crippen LogP) is 1.50. The molecule has 166 valence electrons. The molecule has 29 heavy (non-hydrogen) atoms. The summed E-state index contributed by atoms with van der Waals surface area (Å²) < 4.78 is 5.37. The van der Waals surface area contributed by atoms with Gasteiger partial charge in [0, 0.05) is 19.7 Å². The van der Waals surface area contributed by atoms with Crippen molar-refractivity contribution >= 4 is 17.8 Å². The monoisotopic (exact) mass is 411 g/mol. The van der Waals surface area contributed by atoms with E-state index in [4.69, 9.17) is 4.74 Å². The fourth-order valence-corrected chi connectivity index (χ4v) is 3.62. The first-order valence-corrected chi connectivity index (χ1v) is 10.2. The van der Waals surface area contributed by atoms with Crippen molar-refractivity contribution in [3.8, 4) is 0 Å². The van der Waals surface area contributed by atoms with Crippen molar-refractivity contribution in [1.82, 2.24) is 15.1 Å². The molecule has 4 atom stereocenters. The van der Waals surface area contributed by atoms with Gasteiger partial charge in [-0.2, -0.15) is 0 Å². The summed E-state index contributed by atoms with van der Waals surface area (Å²) in [4.78, 5) is 40.9. The van der Waals surface area contributed by atoms with Crippen LogP contribution in [-0.2, 0) is 19.1 Å². The number of methoxy groups -OCH3 is 1. The van der Waals surface area contributed by atoms with Crippen molar-refractivity contribution in [2.24, 2.45) is 5.92 Å². The summed E-state index contributed by atoms with van der Waals surface area (Å²) in [5.41, 5.74) is 0.174. The highest BCUT2D eigenvalue weighted by Gasteiger charge is 2.35. The summed E-state index contributed by atoms with van der Waals surface area (Å²) in [5.74, 6) is -1.51. The van der Waals surface area contributed by atoms with E-state index in [1.54, 1.807) is 20.0 Å². The number of carboxylic acids is 1. The van der Waals surface area contributed by atoms with E-state index < -0.39 is 24.2 Å². The second-order valence-electron chi connectivity index (χ2n) is 8.26. The Morgan fingerprint density at radius 2 is 1.86 bits per heavy atom. The molecule has 0 spiro atoms. The van der Waals surface area contributed by atoms with Crippen LogP contribution >= 0.6 is 0 Å². The molecule has 0 aliphatic carbocycles. The minimum Gasteiger partial charge on any atom is -0.478 e. The maximum Gasteiger partial charge on any atom is 0.331 e. The number of carbonyl (C=O) groups excluding carboxylic acids is 2. The largest absolute Gasteiger partial charge is 0.478 e. The van der Waals surface area contributed by atoms with Gasteiger partial charge in [0.15, 0.2) is 0 Å². The third-order valence-electron chi connectivity index (χ3n) is 5.71. The Hall–Kier alpha value is -1.93. The van der Waals surface area contributed by atoms with Gasteiger partial charge in [-0.25, -0.2) is 4.79 Å². The van der Waals surface area contributed by atoms with Gasteiger partial charge in [-0.05, 0) is 46.2 Å². The van der Waals surface area contributed by atoms with E-state index in [-0.39, 0.29) is 29.3 Å². The van der Waals surface area contributed by atoms with E-state index in [9.17, 15) is 19.5 Å². The van der Waals surface area contributed by atoms with Crippen LogP contribution in [0.3, 0.4) is 0 Å². The van der Waals surface area contributed by atoms with Gasteiger partial charge in [0.2, 0.25) is 11.8 Å². The summed E-state index contributed by atoms with van der Waals surface area (Å²) in [6.07, 6.45) is 3.85. The Morgan fingerprint density at radius 1 is 1.24 bits per heavy atom. The zero-order valence-electron chi connectivity index (χ0n) is 18.8. The molecular weight excluding hydrogens is 374 g/mol. The van der Waals surface area contributed by atoms with E-state index in [1.165, 1.54) is 18.9 Å². The molecule has 0 bridgehead atoms. The first-order chi connectivity index (χ1) is 13.5. The van der Waals surface area contributed by atoms with Crippen molar-refractivity contribution in [2.75, 3.05) is 27.7 Å². The number of likely N-dealkylation sites (N-methyl/N-ethyl adjacent to an activating group) is 2. The van der Waals surface area contributed by atoms with Gasteiger partial charge in [-0.3, -0.25) is 14.5 Å². The van der Waals surface area contributed by atoms with E-state index in [2.05, 4.69) is 5.32 Å². The van der Waals surface area contributed by atoms with Crippen molar-refractivity contribution in [3.05, 3.63) is 11.6 Å². The lowest BCUT2D eigenvalue weighted by Gasteiger charge is -2.36. The number of amides is 2. The quantitative estimate of drug-likeness (QED) is 0.558. The number of likely N-dealkylation sites (tertiary alicyclic amines) is 1. The van der Waals surface area contributed by atoms with Crippen LogP contribution in [0, 0.1) is 5.92 Å². The molecule has 1 aliphatic rings. The average Bonchev–Trinajstić information content (AvgIpc) is 2.68. The molecule has 2 N–H and O–H groups in total. The third-order valence-corrected chi connectivity index (χ3v) is 5.71. The fraction of sp³-hybridized carbons (Fsp3) is 0.762. The minimum atomic E-state index is -1.02. The van der Waals surface area contributed by atoms with Crippen LogP contribution in [0.1, 0.15) is 47.0 Å². The van der Waals surface area contributed by atoms with Gasteiger partial charge in [-0.1, -0.05) is 26.3 Å². The van der Waals surface area contributed by atoms with Crippen molar-refractivity contribution < 1.29 is 24.2 Å². The third kappa shape index (κ3) is 6.82. The lowest BCUT2D eigenvalue weighted by molar-refractivity contribution is -0.142. The second-order valence-corrected chi connectivity index (χ2v) is 8.26. The first-order valence-electron chi connectivity index (χ1n) is 10.2. The maximum atomic E-state index is 13.3. The highest BCUT2D eigenvalue weighted by atomic mass is 16.5. The van der Waals surface area contributed by atoms with Gasteiger partial charge >= 0.3 is 5.97 Å². The molecule has 1 rings (SSSR count). The van der Waals surface area contributed by atoms with E-state index in [1.807, 2.05) is 25.8 Å². The lowest BCUT2D eigenvalue weighted by atomic mass is 9.98. The predicted molar refractivity (Wildman–Crippen MR) is 111 cm³/mol. The number of hydrogen-bond acceptors (Lipinski definition) is 5. The Balaban J connectivity index is 3.06. The molecule has 0 radical (unpaired) electrons. The molecule has 0 aromatic heterocycles. The molecule has 0 aromatic carbocycles. The summed E-state index contributed by atoms with van der Waals surface area (Å²) >= 11 is 0. The summed E-state index contributed by atoms with van der Waals surface area (Å²) in [5, 5.41) is 12.1. The number of rotatable bonds is 9. The number of piperidine rings is 1. The Kier molecular flexibility index (Phi) is 9.79. The lowest BCUT2D eigenvalue weighted by Crippen LogP contribution is -2.59. The van der Waals surface area contributed by atoms with Gasteiger partial charge < -0.3 is 20.1 Å². The van der Waals surface area contributed by atoms with Gasteiger partial charge in [0.1, 0.15) is 6.04 Å². The smallest absolute Gasteiger partial charge is 0.331 e. The van der Waals surface area contributed by atoms with Crippen LogP contribution < -0.4 is 5.32 Å². The van der Waals surface area contributed by atoms with Gasteiger partial charge in [0.25, 0.3) is 0 Å². The van der Waals surface area contributed by atoms with E-state index in [0.717, 1.165) is 25.8 Å². The van der Waals surface area contributed by atoms with Crippen LogP contribution in [0.5, 0.6) is 0 Å². The molecule has 0 unspecified atom stereocenters. The normalized spacial score (nSPS) is 21.4. The number of nitrogens with one attached hydrogen (secondary N) is 1. The molecular formula is C21H37N3O5. The number of ether oxygens (including phenoxy) is 1. The Bertz CT molecular complexity index is 619. The molecule has 8 nitrogen and oxygen atoms in total. The number of carbonyl (C=O) groups is 3. The van der Waals surface area contributed by atoms with Crippen molar-refractivity contribution in [3.63, 3.8) is 0 Å². The van der Waals surface area contributed by atoms with Crippen LogP contribution in [-0.4, -0.2) is 84.7 Å². The summed E-state index contributed by atoms with van der Waals surface area (Å²) in [6.45, 7) is 7.94. The number of aliphatic carboxylic acids is 1. The van der Waals surface area contributed by atoms with Crippen molar-refractivity contribution in [1.29, 1.82) is 0 Å². The number of nitrogens with zero attached hydrogens (tertiary/aromatic N) is 2. The molecule has 0 aromatic rings. The van der Waals surface area contributed by atoms with Gasteiger partial charge in [0.05, 0.1) is 18.2 Å². The van der Waals surface area contributed by atoms with Crippen LogP contribution in [0.15, 0.2) is 11.6 Å². The van der Waals surface area contributed by atoms with Crippen LogP contribution in [0.2, 0.25) is 0 Å². The highest BCUT2D eigenvalue weighted by Crippen LogP contribution is 2.18. The minimum absolute atomic E-state index is 0.00284. The molecule has 2 amide bonds. The SMILES string of the molecule is CO[C@H](C)[C@H](NC(=O)[C@H]1CCCCN1C)C(=O)N(C)[C@H](/C=C(\C)C(=O)O)C(C)C. The van der Waals surface area contributed by atoms with Crippen LogP contribution in [0.4, 0.5) is 0 Å². The average molecular weight is 412 g/mol.